The van der Waals surface area contributed by atoms with Gasteiger partial charge in [0, 0.05) is 35.7 Å². The Labute approximate surface area is 181 Å². The third-order valence-electron chi connectivity index (χ3n) is 4.24. The van der Waals surface area contributed by atoms with Gasteiger partial charge < -0.3 is 20.9 Å². The molecule has 0 aliphatic carbocycles. The van der Waals surface area contributed by atoms with Crippen molar-refractivity contribution in [2.75, 3.05) is 36.6 Å². The van der Waals surface area contributed by atoms with Crippen LogP contribution in [0.25, 0.3) is 0 Å². The van der Waals surface area contributed by atoms with Gasteiger partial charge in [-0.2, -0.15) is 0 Å². The molecule has 0 bridgehead atoms. The molecular formula is C23H25FN6O. The van der Waals surface area contributed by atoms with Crippen molar-refractivity contribution in [1.29, 1.82) is 0 Å². The van der Waals surface area contributed by atoms with Crippen LogP contribution in [-0.4, -0.2) is 41.4 Å². The minimum atomic E-state index is -0.254. The molecule has 0 saturated heterocycles. The molecule has 160 valence electrons. The minimum absolute atomic E-state index is 0.192. The number of aromatic nitrogens is 2. The molecule has 3 aromatic rings. The van der Waals surface area contributed by atoms with E-state index in [9.17, 15) is 9.18 Å². The van der Waals surface area contributed by atoms with Crippen molar-refractivity contribution in [3.63, 3.8) is 0 Å². The smallest absolute Gasteiger partial charge is 0.248 e. The van der Waals surface area contributed by atoms with Gasteiger partial charge in [-0.25, -0.2) is 14.4 Å². The van der Waals surface area contributed by atoms with Gasteiger partial charge in [0.05, 0.1) is 0 Å². The average Bonchev–Trinajstić information content (AvgIpc) is 2.71. The highest BCUT2D eigenvalue weighted by Gasteiger charge is 2.04. The van der Waals surface area contributed by atoms with Crippen LogP contribution in [-0.2, 0) is 4.79 Å². The van der Waals surface area contributed by atoms with Gasteiger partial charge in [-0.3, -0.25) is 4.79 Å². The minimum Gasteiger partial charge on any atom is -0.340 e. The Bertz CT molecular complexity index is 1080. The second-order valence-corrected chi connectivity index (χ2v) is 7.24. The summed E-state index contributed by atoms with van der Waals surface area (Å²) in [5, 5.41) is 9.17. The summed E-state index contributed by atoms with van der Waals surface area (Å²) in [6, 6.07) is 13.9. The normalized spacial score (nSPS) is 11.0. The molecule has 0 atom stereocenters. The zero-order valence-corrected chi connectivity index (χ0v) is 17.7. The Kier molecular flexibility index (Phi) is 7.29. The predicted molar refractivity (Wildman–Crippen MR) is 123 cm³/mol. The van der Waals surface area contributed by atoms with Gasteiger partial charge in [0.25, 0.3) is 0 Å². The molecule has 0 saturated carbocycles. The number of halogens is 1. The molecule has 2 aromatic carbocycles. The molecule has 1 amide bonds. The summed E-state index contributed by atoms with van der Waals surface area (Å²) in [5.41, 5.74) is 2.71. The van der Waals surface area contributed by atoms with Gasteiger partial charge in [-0.15, -0.1) is 0 Å². The zero-order chi connectivity index (χ0) is 22.2. The van der Waals surface area contributed by atoms with E-state index in [1.165, 1.54) is 18.5 Å². The molecule has 0 aliphatic rings. The van der Waals surface area contributed by atoms with E-state index in [0.717, 1.165) is 11.4 Å². The van der Waals surface area contributed by atoms with Crippen LogP contribution in [0, 0.1) is 12.7 Å². The Morgan fingerprint density at radius 3 is 2.35 bits per heavy atom. The van der Waals surface area contributed by atoms with Crippen molar-refractivity contribution in [2.45, 2.75) is 6.92 Å². The Morgan fingerprint density at radius 1 is 1.00 bits per heavy atom. The van der Waals surface area contributed by atoms with E-state index in [2.05, 4.69) is 25.9 Å². The zero-order valence-electron chi connectivity index (χ0n) is 17.7. The highest BCUT2D eigenvalue weighted by atomic mass is 19.1. The second-order valence-electron chi connectivity index (χ2n) is 7.24. The molecule has 3 N–H and O–H groups in total. The van der Waals surface area contributed by atoms with Crippen LogP contribution in [0.15, 0.2) is 67.0 Å². The lowest BCUT2D eigenvalue weighted by molar-refractivity contribution is -0.111. The number of hydrogen-bond donors (Lipinski definition) is 3. The Morgan fingerprint density at radius 2 is 1.68 bits per heavy atom. The van der Waals surface area contributed by atoms with Gasteiger partial charge in [-0.1, -0.05) is 12.1 Å². The summed E-state index contributed by atoms with van der Waals surface area (Å²) < 4.78 is 13.5. The van der Waals surface area contributed by atoms with Gasteiger partial charge in [0.15, 0.2) is 0 Å². The van der Waals surface area contributed by atoms with E-state index in [1.54, 1.807) is 31.2 Å². The number of hydrogen-bond acceptors (Lipinski definition) is 6. The predicted octanol–water partition coefficient (Wildman–Crippen LogP) is 4.47. The molecule has 0 fully saturated rings. The summed E-state index contributed by atoms with van der Waals surface area (Å²) in [5.74, 6) is 0.697. The van der Waals surface area contributed by atoms with E-state index in [0.29, 0.717) is 29.4 Å². The largest absolute Gasteiger partial charge is 0.340 e. The Balaban J connectivity index is 1.65. The van der Waals surface area contributed by atoms with Crippen LogP contribution in [0.3, 0.4) is 0 Å². The molecule has 1 heterocycles. The van der Waals surface area contributed by atoms with E-state index >= 15 is 0 Å². The number of nitrogens with one attached hydrogen (secondary N) is 3. The number of rotatable bonds is 8. The average molecular weight is 420 g/mol. The van der Waals surface area contributed by atoms with E-state index < -0.39 is 0 Å². The fourth-order valence-electron chi connectivity index (χ4n) is 2.74. The van der Waals surface area contributed by atoms with Crippen molar-refractivity contribution in [2.24, 2.45) is 0 Å². The van der Waals surface area contributed by atoms with Gasteiger partial charge in [0.1, 0.15) is 23.8 Å². The first-order valence-corrected chi connectivity index (χ1v) is 9.73. The van der Waals surface area contributed by atoms with Crippen molar-refractivity contribution in [3.8, 4) is 0 Å². The summed E-state index contributed by atoms with van der Waals surface area (Å²) in [4.78, 5) is 22.4. The fraction of sp³-hybridized carbons (Fsp3) is 0.174. The van der Waals surface area contributed by atoms with Crippen LogP contribution in [0.5, 0.6) is 0 Å². The monoisotopic (exact) mass is 420 g/mol. The lowest BCUT2D eigenvalue weighted by Crippen LogP contribution is -2.12. The van der Waals surface area contributed by atoms with Crippen molar-refractivity contribution in [1.82, 2.24) is 14.9 Å². The first-order valence-electron chi connectivity index (χ1n) is 9.73. The number of carbonyl (C=O) groups excluding carboxylic acids is 1. The van der Waals surface area contributed by atoms with E-state index in [4.69, 9.17) is 0 Å². The first-order chi connectivity index (χ1) is 14.9. The van der Waals surface area contributed by atoms with Crippen LogP contribution < -0.4 is 16.0 Å². The summed E-state index contributed by atoms with van der Waals surface area (Å²) in [6.07, 6.45) is 4.75. The summed E-state index contributed by atoms with van der Waals surface area (Å²) in [6.45, 7) is 2.40. The lowest BCUT2D eigenvalue weighted by atomic mass is 10.2. The molecule has 0 unspecified atom stereocenters. The van der Waals surface area contributed by atoms with Crippen LogP contribution in [0.4, 0.5) is 33.1 Å². The van der Waals surface area contributed by atoms with Gasteiger partial charge in [0.2, 0.25) is 5.91 Å². The molecule has 0 spiro atoms. The van der Waals surface area contributed by atoms with Gasteiger partial charge in [-0.05, 0) is 63.0 Å². The maximum atomic E-state index is 13.5. The number of nitrogens with zero attached hydrogens (tertiary/aromatic N) is 3. The molecule has 0 radical (unpaired) electrons. The first kappa shape index (κ1) is 21.9. The summed E-state index contributed by atoms with van der Waals surface area (Å²) >= 11 is 0. The SMILES string of the molecule is Cc1cc(Nc2cc(Nc3cccc(NC(=O)/C=C/CN(C)C)c3)ncn2)ccc1F. The molecule has 7 nitrogen and oxygen atoms in total. The lowest BCUT2D eigenvalue weighted by Gasteiger charge is -2.10. The number of benzene rings is 2. The van der Waals surface area contributed by atoms with Crippen molar-refractivity contribution >= 4 is 34.6 Å². The van der Waals surface area contributed by atoms with Crippen molar-refractivity contribution in [3.05, 3.63) is 78.4 Å². The fourth-order valence-corrected chi connectivity index (χ4v) is 2.74. The van der Waals surface area contributed by atoms with E-state index in [-0.39, 0.29) is 11.7 Å². The van der Waals surface area contributed by atoms with Crippen LogP contribution in [0.2, 0.25) is 0 Å². The number of aryl methyl sites for hydroxylation is 1. The molecule has 8 heteroatoms. The third kappa shape index (κ3) is 6.90. The summed E-state index contributed by atoms with van der Waals surface area (Å²) in [7, 11) is 3.87. The second kappa shape index (κ2) is 10.3. The number of likely N-dealkylation sites (N-methyl/N-ethyl adjacent to an activating group) is 1. The van der Waals surface area contributed by atoms with E-state index in [1.807, 2.05) is 43.3 Å². The number of amides is 1. The highest BCUT2D eigenvalue weighted by Crippen LogP contribution is 2.22. The highest BCUT2D eigenvalue weighted by molar-refractivity contribution is 5.99. The molecule has 3 rings (SSSR count). The maximum Gasteiger partial charge on any atom is 0.248 e. The van der Waals surface area contributed by atoms with Crippen LogP contribution >= 0.6 is 0 Å². The topological polar surface area (TPSA) is 82.2 Å². The number of anilines is 5. The number of carbonyl (C=O) groups is 1. The van der Waals surface area contributed by atoms with Gasteiger partial charge >= 0.3 is 0 Å². The molecule has 1 aromatic heterocycles. The molecule has 31 heavy (non-hydrogen) atoms. The maximum absolute atomic E-state index is 13.5. The van der Waals surface area contributed by atoms with Crippen LogP contribution in [0.1, 0.15) is 5.56 Å². The Hall–Kier alpha value is -3.78. The third-order valence-corrected chi connectivity index (χ3v) is 4.24. The standard InChI is InChI=1S/C23H25FN6O/c1-16-12-19(9-10-20(16)24)28-22-14-21(25-15-26-22)27-17-6-4-7-18(13-17)29-23(31)8-5-11-30(2)3/h4-10,12-15H,11H2,1-3H3,(H,29,31)(H2,25,26,27,28)/b8-5+. The van der Waals surface area contributed by atoms with Crippen molar-refractivity contribution < 1.29 is 9.18 Å². The quantitative estimate of drug-likeness (QED) is 0.467. The molecule has 0 aliphatic heterocycles. The molecular weight excluding hydrogens is 395 g/mol.